The fraction of sp³-hybridized carbons (Fsp3) is 0.174. The van der Waals surface area contributed by atoms with Gasteiger partial charge in [-0.05, 0) is 42.3 Å². The van der Waals surface area contributed by atoms with Crippen LogP contribution in [0, 0.1) is 0 Å². The first-order valence-electron chi connectivity index (χ1n) is 9.54. The van der Waals surface area contributed by atoms with Crippen molar-refractivity contribution in [2.45, 2.75) is 24.3 Å². The largest absolute Gasteiger partial charge is 0.345 e. The first-order chi connectivity index (χ1) is 14.3. The van der Waals surface area contributed by atoms with Crippen LogP contribution in [0.4, 0.5) is 5.69 Å². The Bertz CT molecular complexity index is 1120. The van der Waals surface area contributed by atoms with Crippen LogP contribution in [0.25, 0.3) is 0 Å². The van der Waals surface area contributed by atoms with Crippen LogP contribution >= 0.6 is 11.6 Å². The second-order valence-electron chi connectivity index (χ2n) is 6.79. The van der Waals surface area contributed by atoms with Gasteiger partial charge in [0.05, 0.1) is 27.2 Å². The third-order valence-electron chi connectivity index (χ3n) is 4.88. The van der Waals surface area contributed by atoms with E-state index in [-0.39, 0.29) is 27.4 Å². The van der Waals surface area contributed by atoms with Crippen LogP contribution in [-0.4, -0.2) is 21.4 Å². The number of amides is 1. The predicted molar refractivity (Wildman–Crippen MR) is 120 cm³/mol. The zero-order valence-corrected chi connectivity index (χ0v) is 18.3. The van der Waals surface area contributed by atoms with Crippen molar-refractivity contribution in [3.63, 3.8) is 0 Å². The number of hydrogen-bond donors (Lipinski definition) is 1. The van der Waals surface area contributed by atoms with Crippen LogP contribution in [0.1, 0.15) is 35.3 Å². The van der Waals surface area contributed by atoms with Gasteiger partial charge < -0.3 is 5.32 Å². The molecule has 0 aliphatic carbocycles. The smallest absolute Gasteiger partial charge is 0.264 e. The first kappa shape index (κ1) is 21.9. The van der Waals surface area contributed by atoms with Gasteiger partial charge in [0.25, 0.3) is 15.9 Å². The molecule has 1 N–H and O–H groups in total. The standard InChI is InChI=1S/C23H23ClN2O3S/c1-3-22(17-10-6-4-7-11-17)25-23(27)20-16-18(14-15-21(20)24)26(2)30(28,29)19-12-8-5-9-13-19/h4-16,22H,3H2,1-2H3,(H,25,27)/t22-/m1/s1. The van der Waals surface area contributed by atoms with Gasteiger partial charge in [-0.3, -0.25) is 9.10 Å². The van der Waals surface area contributed by atoms with Crippen molar-refractivity contribution in [1.29, 1.82) is 0 Å². The molecule has 156 valence electrons. The van der Waals surface area contributed by atoms with Gasteiger partial charge in [0.15, 0.2) is 0 Å². The summed E-state index contributed by atoms with van der Waals surface area (Å²) >= 11 is 6.27. The maximum absolute atomic E-state index is 12.9. The fourth-order valence-electron chi connectivity index (χ4n) is 3.11. The fourth-order valence-corrected chi connectivity index (χ4v) is 4.53. The molecule has 1 amide bonds. The first-order valence-corrected chi connectivity index (χ1v) is 11.4. The van der Waals surface area contributed by atoms with Gasteiger partial charge in [-0.15, -0.1) is 0 Å². The van der Waals surface area contributed by atoms with Crippen molar-refractivity contribution >= 4 is 33.2 Å². The molecule has 0 radical (unpaired) electrons. The normalized spacial score (nSPS) is 12.2. The number of benzene rings is 3. The van der Waals surface area contributed by atoms with Crippen LogP contribution in [0.5, 0.6) is 0 Å². The summed E-state index contributed by atoms with van der Waals surface area (Å²) < 4.78 is 26.9. The summed E-state index contributed by atoms with van der Waals surface area (Å²) in [6.45, 7) is 1.98. The van der Waals surface area contributed by atoms with Crippen molar-refractivity contribution in [3.8, 4) is 0 Å². The summed E-state index contributed by atoms with van der Waals surface area (Å²) in [5.74, 6) is -0.358. The molecule has 0 fully saturated rings. The minimum atomic E-state index is -3.76. The second-order valence-corrected chi connectivity index (χ2v) is 9.17. The van der Waals surface area contributed by atoms with Crippen LogP contribution in [0.3, 0.4) is 0 Å². The molecule has 30 heavy (non-hydrogen) atoms. The summed E-state index contributed by atoms with van der Waals surface area (Å²) in [4.78, 5) is 13.1. The highest BCUT2D eigenvalue weighted by Crippen LogP contribution is 2.27. The van der Waals surface area contributed by atoms with E-state index in [4.69, 9.17) is 11.6 Å². The van der Waals surface area contributed by atoms with Crippen molar-refractivity contribution in [2.75, 3.05) is 11.4 Å². The van der Waals surface area contributed by atoms with Crippen LogP contribution in [0.15, 0.2) is 83.8 Å². The molecule has 3 aromatic rings. The average Bonchev–Trinajstić information content (AvgIpc) is 2.78. The van der Waals surface area contributed by atoms with E-state index in [1.165, 1.54) is 31.3 Å². The van der Waals surface area contributed by atoms with E-state index in [1.54, 1.807) is 24.3 Å². The Morgan fingerprint density at radius 3 is 2.20 bits per heavy atom. The molecular weight excluding hydrogens is 420 g/mol. The topological polar surface area (TPSA) is 66.5 Å². The molecule has 0 aliphatic heterocycles. The second kappa shape index (κ2) is 9.32. The van der Waals surface area contributed by atoms with Gasteiger partial charge in [0.1, 0.15) is 0 Å². The highest BCUT2D eigenvalue weighted by Gasteiger charge is 2.23. The summed E-state index contributed by atoms with van der Waals surface area (Å²) in [5.41, 5.74) is 1.56. The third-order valence-corrected chi connectivity index (χ3v) is 7.00. The number of halogens is 1. The maximum Gasteiger partial charge on any atom is 0.264 e. The van der Waals surface area contributed by atoms with Gasteiger partial charge in [0.2, 0.25) is 0 Å². The molecular formula is C23H23ClN2O3S. The zero-order chi connectivity index (χ0) is 21.7. The molecule has 3 rings (SSSR count). The van der Waals surface area contributed by atoms with Crippen LogP contribution in [-0.2, 0) is 10.0 Å². The number of sulfonamides is 1. The lowest BCUT2D eigenvalue weighted by Gasteiger charge is -2.21. The quantitative estimate of drug-likeness (QED) is 0.557. The van der Waals surface area contributed by atoms with Crippen LogP contribution in [0.2, 0.25) is 5.02 Å². The van der Waals surface area contributed by atoms with E-state index in [0.717, 1.165) is 9.87 Å². The van der Waals surface area contributed by atoms with E-state index >= 15 is 0 Å². The Hall–Kier alpha value is -2.83. The molecule has 0 saturated carbocycles. The number of carbonyl (C=O) groups excluding carboxylic acids is 1. The Morgan fingerprint density at radius 2 is 1.60 bits per heavy atom. The minimum Gasteiger partial charge on any atom is -0.345 e. The van der Waals surface area contributed by atoms with Crippen molar-refractivity contribution in [2.24, 2.45) is 0 Å². The number of nitrogens with zero attached hydrogens (tertiary/aromatic N) is 1. The maximum atomic E-state index is 12.9. The van der Waals surface area contributed by atoms with Gasteiger partial charge in [-0.1, -0.05) is 67.1 Å². The van der Waals surface area contributed by atoms with E-state index in [2.05, 4.69) is 5.32 Å². The summed E-state index contributed by atoms with van der Waals surface area (Å²) in [6, 6.07) is 22.2. The lowest BCUT2D eigenvalue weighted by atomic mass is 10.0. The van der Waals surface area contributed by atoms with Gasteiger partial charge in [-0.2, -0.15) is 0 Å². The Kier molecular flexibility index (Phi) is 6.80. The number of carbonyl (C=O) groups is 1. The zero-order valence-electron chi connectivity index (χ0n) is 16.7. The molecule has 0 aromatic heterocycles. The van der Waals surface area contributed by atoms with Crippen molar-refractivity contribution in [3.05, 3.63) is 95.0 Å². The number of nitrogens with one attached hydrogen (secondary N) is 1. The number of hydrogen-bond acceptors (Lipinski definition) is 3. The lowest BCUT2D eigenvalue weighted by molar-refractivity contribution is 0.0935. The Labute approximate surface area is 182 Å². The molecule has 3 aromatic carbocycles. The monoisotopic (exact) mass is 442 g/mol. The molecule has 1 atom stereocenters. The molecule has 0 saturated heterocycles. The molecule has 7 heteroatoms. The molecule has 0 spiro atoms. The number of anilines is 1. The highest BCUT2D eigenvalue weighted by atomic mass is 35.5. The van der Waals surface area contributed by atoms with E-state index in [1.807, 2.05) is 37.3 Å². The van der Waals surface area contributed by atoms with E-state index in [0.29, 0.717) is 12.1 Å². The molecule has 5 nitrogen and oxygen atoms in total. The molecule has 0 aliphatic rings. The van der Waals surface area contributed by atoms with Crippen molar-refractivity contribution in [1.82, 2.24) is 5.32 Å². The SMILES string of the molecule is CC[C@@H](NC(=O)c1cc(N(C)S(=O)(=O)c2ccccc2)ccc1Cl)c1ccccc1. The third kappa shape index (κ3) is 4.66. The highest BCUT2D eigenvalue weighted by molar-refractivity contribution is 7.92. The molecule has 0 unspecified atom stereocenters. The Balaban J connectivity index is 1.88. The molecule has 0 bridgehead atoms. The summed E-state index contributed by atoms with van der Waals surface area (Å²) in [6.07, 6.45) is 0.704. The van der Waals surface area contributed by atoms with Gasteiger partial charge >= 0.3 is 0 Å². The van der Waals surface area contributed by atoms with Gasteiger partial charge in [-0.25, -0.2) is 8.42 Å². The average molecular weight is 443 g/mol. The van der Waals surface area contributed by atoms with E-state index in [9.17, 15) is 13.2 Å². The van der Waals surface area contributed by atoms with Crippen LogP contribution < -0.4 is 9.62 Å². The van der Waals surface area contributed by atoms with Gasteiger partial charge in [0, 0.05) is 7.05 Å². The molecule has 0 heterocycles. The lowest BCUT2D eigenvalue weighted by Crippen LogP contribution is -2.29. The summed E-state index contributed by atoms with van der Waals surface area (Å²) in [7, 11) is -2.31. The number of rotatable bonds is 7. The predicted octanol–water partition coefficient (Wildman–Crippen LogP) is 5.05. The summed E-state index contributed by atoms with van der Waals surface area (Å²) in [5, 5.41) is 3.24. The van der Waals surface area contributed by atoms with E-state index < -0.39 is 10.0 Å². The Morgan fingerprint density at radius 1 is 1.00 bits per heavy atom. The van der Waals surface area contributed by atoms with Crippen molar-refractivity contribution < 1.29 is 13.2 Å². The minimum absolute atomic E-state index is 0.170.